The van der Waals surface area contributed by atoms with Crippen LogP contribution in [-0.2, 0) is 0 Å². The second-order valence-corrected chi connectivity index (χ2v) is 4.77. The molecular formula is C16H14N2O3. The third-order valence-electron chi connectivity index (χ3n) is 3.35. The summed E-state index contributed by atoms with van der Waals surface area (Å²) < 4.78 is 6.71. The number of benzene rings is 1. The highest BCUT2D eigenvalue weighted by Gasteiger charge is 2.19. The number of hydrogen-bond donors (Lipinski definition) is 1. The number of pyridine rings is 1. The van der Waals surface area contributed by atoms with Crippen molar-refractivity contribution in [3.8, 4) is 17.0 Å². The minimum atomic E-state index is -1.00. The quantitative estimate of drug-likeness (QED) is 0.802. The van der Waals surface area contributed by atoms with Crippen LogP contribution in [0.4, 0.5) is 0 Å². The number of methoxy groups -OCH3 is 1. The van der Waals surface area contributed by atoms with E-state index in [1.807, 2.05) is 19.1 Å². The van der Waals surface area contributed by atoms with E-state index in [1.54, 1.807) is 42.0 Å². The maximum atomic E-state index is 11.6. The van der Waals surface area contributed by atoms with E-state index in [9.17, 15) is 9.90 Å². The van der Waals surface area contributed by atoms with Gasteiger partial charge in [0.25, 0.3) is 0 Å². The fourth-order valence-corrected chi connectivity index (χ4v) is 2.30. The minimum Gasteiger partial charge on any atom is -0.497 e. The first-order chi connectivity index (χ1) is 10.1. The van der Waals surface area contributed by atoms with Crippen LogP contribution in [0.3, 0.4) is 0 Å². The zero-order valence-electron chi connectivity index (χ0n) is 11.7. The number of aromatic carboxylic acids is 1. The molecule has 0 fully saturated rings. The summed E-state index contributed by atoms with van der Waals surface area (Å²) in [4.78, 5) is 16.1. The molecule has 5 nitrogen and oxygen atoms in total. The molecule has 0 amide bonds. The Hall–Kier alpha value is -2.82. The SMILES string of the molecule is COc1ccc(-c2nc3cc(C)ccn3c2C(=O)O)cc1. The molecule has 21 heavy (non-hydrogen) atoms. The van der Waals surface area contributed by atoms with Gasteiger partial charge in [0, 0.05) is 11.8 Å². The fourth-order valence-electron chi connectivity index (χ4n) is 2.30. The van der Waals surface area contributed by atoms with Gasteiger partial charge in [0.1, 0.15) is 17.1 Å². The zero-order valence-corrected chi connectivity index (χ0v) is 11.7. The third-order valence-corrected chi connectivity index (χ3v) is 3.35. The summed E-state index contributed by atoms with van der Waals surface area (Å²) in [5, 5.41) is 9.50. The van der Waals surface area contributed by atoms with E-state index in [2.05, 4.69) is 4.98 Å². The number of aryl methyl sites for hydroxylation is 1. The van der Waals surface area contributed by atoms with Crippen LogP contribution in [0.1, 0.15) is 16.1 Å². The van der Waals surface area contributed by atoms with Crippen LogP contribution in [0.5, 0.6) is 5.75 Å². The smallest absolute Gasteiger partial charge is 0.355 e. The predicted octanol–water partition coefficient (Wildman–Crippen LogP) is 3.02. The summed E-state index contributed by atoms with van der Waals surface area (Å²) in [5.74, 6) is -0.285. The number of carbonyl (C=O) groups is 1. The molecule has 106 valence electrons. The number of carboxylic acid groups (broad SMARTS) is 1. The highest BCUT2D eigenvalue weighted by atomic mass is 16.5. The van der Waals surface area contributed by atoms with Gasteiger partial charge in [0.2, 0.25) is 0 Å². The molecule has 1 N–H and O–H groups in total. The molecule has 0 radical (unpaired) electrons. The van der Waals surface area contributed by atoms with E-state index in [-0.39, 0.29) is 5.69 Å². The lowest BCUT2D eigenvalue weighted by atomic mass is 10.1. The van der Waals surface area contributed by atoms with Gasteiger partial charge in [-0.1, -0.05) is 0 Å². The summed E-state index contributed by atoms with van der Waals surface area (Å²) in [7, 11) is 1.59. The van der Waals surface area contributed by atoms with Gasteiger partial charge >= 0.3 is 5.97 Å². The van der Waals surface area contributed by atoms with Gasteiger partial charge in [-0.25, -0.2) is 9.78 Å². The number of ether oxygens (including phenoxy) is 1. The summed E-state index contributed by atoms with van der Waals surface area (Å²) in [5.41, 5.74) is 3.02. The molecule has 1 aromatic carbocycles. The van der Waals surface area contributed by atoms with Crippen molar-refractivity contribution in [2.45, 2.75) is 6.92 Å². The van der Waals surface area contributed by atoms with Gasteiger partial charge in [-0.05, 0) is 48.9 Å². The summed E-state index contributed by atoms with van der Waals surface area (Å²) in [6.07, 6.45) is 1.73. The first kappa shape index (κ1) is 13.2. The molecule has 2 heterocycles. The highest BCUT2D eigenvalue weighted by Crippen LogP contribution is 2.26. The second-order valence-electron chi connectivity index (χ2n) is 4.77. The number of hydrogen-bond acceptors (Lipinski definition) is 3. The van der Waals surface area contributed by atoms with Crippen LogP contribution in [0, 0.1) is 6.92 Å². The van der Waals surface area contributed by atoms with E-state index < -0.39 is 5.97 Å². The number of carboxylic acids is 1. The Morgan fingerprint density at radius 2 is 1.95 bits per heavy atom. The third kappa shape index (κ3) is 2.23. The number of nitrogens with zero attached hydrogens (tertiary/aromatic N) is 2. The van der Waals surface area contributed by atoms with E-state index in [1.165, 1.54) is 0 Å². The van der Waals surface area contributed by atoms with Crippen molar-refractivity contribution in [2.24, 2.45) is 0 Å². The molecule has 5 heteroatoms. The van der Waals surface area contributed by atoms with Gasteiger partial charge in [-0.2, -0.15) is 0 Å². The molecule has 2 aromatic heterocycles. The summed E-state index contributed by atoms with van der Waals surface area (Å²) in [6, 6.07) is 10.9. The minimum absolute atomic E-state index is 0.162. The van der Waals surface area contributed by atoms with E-state index in [4.69, 9.17) is 4.74 Å². The maximum absolute atomic E-state index is 11.6. The van der Waals surface area contributed by atoms with Crippen LogP contribution < -0.4 is 4.74 Å². The van der Waals surface area contributed by atoms with Crippen molar-refractivity contribution in [3.05, 3.63) is 53.9 Å². The van der Waals surface area contributed by atoms with Crippen LogP contribution in [-0.4, -0.2) is 27.6 Å². The molecule has 0 saturated heterocycles. The molecule has 0 atom stereocenters. The average molecular weight is 282 g/mol. The molecule has 0 aliphatic carbocycles. The highest BCUT2D eigenvalue weighted by molar-refractivity contribution is 5.94. The molecule has 3 rings (SSSR count). The van der Waals surface area contributed by atoms with Gasteiger partial charge < -0.3 is 9.84 Å². The Morgan fingerprint density at radius 3 is 2.57 bits per heavy atom. The number of rotatable bonds is 3. The average Bonchev–Trinajstić information content (AvgIpc) is 2.85. The predicted molar refractivity (Wildman–Crippen MR) is 78.9 cm³/mol. The van der Waals surface area contributed by atoms with Crippen LogP contribution in [0.2, 0.25) is 0 Å². The Morgan fingerprint density at radius 1 is 1.24 bits per heavy atom. The summed E-state index contributed by atoms with van der Waals surface area (Å²) >= 11 is 0. The second kappa shape index (κ2) is 4.94. The van der Waals surface area contributed by atoms with Gasteiger partial charge in [-0.15, -0.1) is 0 Å². The van der Waals surface area contributed by atoms with Gasteiger partial charge in [0.05, 0.1) is 7.11 Å². The van der Waals surface area contributed by atoms with Gasteiger partial charge in [0.15, 0.2) is 5.69 Å². The van der Waals surface area contributed by atoms with Crippen LogP contribution in [0.15, 0.2) is 42.6 Å². The van der Waals surface area contributed by atoms with Crippen molar-refractivity contribution in [2.75, 3.05) is 7.11 Å². The zero-order chi connectivity index (χ0) is 15.0. The normalized spacial score (nSPS) is 10.8. The van der Waals surface area contributed by atoms with Crippen molar-refractivity contribution in [1.82, 2.24) is 9.38 Å². The Bertz CT molecular complexity index is 819. The van der Waals surface area contributed by atoms with Crippen LogP contribution >= 0.6 is 0 Å². The standard InChI is InChI=1S/C16H14N2O3/c1-10-7-8-18-13(9-10)17-14(15(18)16(19)20)11-3-5-12(21-2)6-4-11/h3-9H,1-2H3,(H,19,20). The molecule has 0 bridgehead atoms. The fraction of sp³-hybridized carbons (Fsp3) is 0.125. The molecule has 0 saturated carbocycles. The molecule has 0 unspecified atom stereocenters. The van der Waals surface area contributed by atoms with Crippen LogP contribution in [0.25, 0.3) is 16.9 Å². The van der Waals surface area contributed by atoms with E-state index >= 15 is 0 Å². The lowest BCUT2D eigenvalue weighted by Crippen LogP contribution is -2.03. The number of fused-ring (bicyclic) bond motifs is 1. The first-order valence-electron chi connectivity index (χ1n) is 6.46. The van der Waals surface area contributed by atoms with Crippen molar-refractivity contribution < 1.29 is 14.6 Å². The first-order valence-corrected chi connectivity index (χ1v) is 6.46. The lowest BCUT2D eigenvalue weighted by Gasteiger charge is -2.02. The number of imidazole rings is 1. The van der Waals surface area contributed by atoms with Crippen molar-refractivity contribution >= 4 is 11.6 Å². The lowest BCUT2D eigenvalue weighted by molar-refractivity contribution is 0.0690. The largest absolute Gasteiger partial charge is 0.497 e. The molecular weight excluding hydrogens is 268 g/mol. The van der Waals surface area contributed by atoms with Crippen molar-refractivity contribution in [3.63, 3.8) is 0 Å². The van der Waals surface area contributed by atoms with Crippen molar-refractivity contribution in [1.29, 1.82) is 0 Å². The summed E-state index contributed by atoms with van der Waals surface area (Å²) in [6.45, 7) is 1.95. The molecule has 0 aliphatic heterocycles. The van der Waals surface area contributed by atoms with E-state index in [0.29, 0.717) is 11.3 Å². The topological polar surface area (TPSA) is 63.8 Å². The van der Waals surface area contributed by atoms with E-state index in [0.717, 1.165) is 16.9 Å². The Balaban J connectivity index is 2.24. The Labute approximate surface area is 121 Å². The molecule has 0 spiro atoms. The molecule has 0 aliphatic rings. The molecule has 3 aromatic rings. The Kier molecular flexibility index (Phi) is 3.10. The number of aromatic nitrogens is 2. The monoisotopic (exact) mass is 282 g/mol. The maximum Gasteiger partial charge on any atom is 0.355 e. The van der Waals surface area contributed by atoms with Gasteiger partial charge in [-0.3, -0.25) is 4.40 Å².